The van der Waals surface area contributed by atoms with E-state index >= 15 is 0 Å². The second-order valence-electron chi connectivity index (χ2n) is 6.13. The second-order valence-corrected chi connectivity index (χ2v) is 6.13. The molecule has 1 saturated heterocycles. The first-order valence-corrected chi connectivity index (χ1v) is 7.78. The molecule has 1 atom stereocenters. The van der Waals surface area contributed by atoms with Crippen molar-refractivity contribution in [2.75, 3.05) is 24.5 Å². The molecular weight excluding hydrogens is 277 g/mol. The summed E-state index contributed by atoms with van der Waals surface area (Å²) in [6.45, 7) is 1.91. The van der Waals surface area contributed by atoms with Crippen LogP contribution in [-0.2, 0) is 0 Å². The fraction of sp³-hybridized carbons (Fsp3) is 0.625. The van der Waals surface area contributed by atoms with Crippen molar-refractivity contribution < 1.29 is 13.2 Å². The summed E-state index contributed by atoms with van der Waals surface area (Å²) in [5, 5.41) is 3.49. The number of halogens is 3. The van der Waals surface area contributed by atoms with Gasteiger partial charge in [0.05, 0.1) is 5.69 Å². The van der Waals surface area contributed by atoms with Crippen LogP contribution in [-0.4, -0.2) is 25.7 Å². The van der Waals surface area contributed by atoms with Gasteiger partial charge < -0.3 is 10.2 Å². The van der Waals surface area contributed by atoms with Gasteiger partial charge in [0.15, 0.2) is 11.6 Å². The molecule has 21 heavy (non-hydrogen) atoms. The number of hydrogen-bond donors (Lipinski definition) is 1. The maximum Gasteiger partial charge on any atom is 0.182 e. The molecule has 0 spiro atoms. The van der Waals surface area contributed by atoms with Crippen molar-refractivity contribution in [3.63, 3.8) is 0 Å². The quantitative estimate of drug-likeness (QED) is 0.841. The Morgan fingerprint density at radius 1 is 1.05 bits per heavy atom. The van der Waals surface area contributed by atoms with Crippen LogP contribution in [0.2, 0.25) is 0 Å². The zero-order valence-corrected chi connectivity index (χ0v) is 12.0. The summed E-state index contributed by atoms with van der Waals surface area (Å²) in [5.41, 5.74) is 0.0507. The van der Waals surface area contributed by atoms with E-state index in [9.17, 15) is 13.2 Å². The summed E-state index contributed by atoms with van der Waals surface area (Å²) in [5.74, 6) is -2.20. The van der Waals surface area contributed by atoms with E-state index in [-0.39, 0.29) is 11.7 Å². The molecule has 2 fully saturated rings. The lowest BCUT2D eigenvalue weighted by molar-refractivity contribution is 0.256. The Kier molecular flexibility index (Phi) is 4.38. The van der Waals surface area contributed by atoms with Gasteiger partial charge >= 0.3 is 0 Å². The maximum absolute atomic E-state index is 13.9. The van der Waals surface area contributed by atoms with E-state index in [1.165, 1.54) is 32.1 Å². The molecule has 1 aromatic rings. The Hall–Kier alpha value is -1.23. The maximum atomic E-state index is 13.9. The Bertz CT molecular complexity index is 501. The topological polar surface area (TPSA) is 15.3 Å². The number of rotatable bonds is 2. The molecule has 0 bridgehead atoms. The van der Waals surface area contributed by atoms with Crippen LogP contribution < -0.4 is 10.2 Å². The van der Waals surface area contributed by atoms with Crippen molar-refractivity contribution in [1.29, 1.82) is 0 Å². The second kappa shape index (κ2) is 6.26. The van der Waals surface area contributed by atoms with E-state index in [0.717, 1.165) is 12.6 Å². The van der Waals surface area contributed by atoms with Gasteiger partial charge in [0.2, 0.25) is 0 Å². The Labute approximate surface area is 123 Å². The van der Waals surface area contributed by atoms with Gasteiger partial charge in [0.25, 0.3) is 0 Å². The van der Waals surface area contributed by atoms with Crippen molar-refractivity contribution in [2.24, 2.45) is 5.92 Å². The van der Waals surface area contributed by atoms with Crippen molar-refractivity contribution in [1.82, 2.24) is 5.32 Å². The highest BCUT2D eigenvalue weighted by Gasteiger charge is 2.29. The molecule has 1 unspecified atom stereocenters. The van der Waals surface area contributed by atoms with Gasteiger partial charge in [-0.2, -0.15) is 0 Å². The molecule has 1 saturated carbocycles. The molecule has 1 aliphatic heterocycles. The summed E-state index contributed by atoms with van der Waals surface area (Å²) in [6.07, 6.45) is 6.14. The fourth-order valence-corrected chi connectivity index (χ4v) is 3.62. The number of anilines is 1. The zero-order valence-electron chi connectivity index (χ0n) is 12.0. The first-order valence-electron chi connectivity index (χ1n) is 7.78. The molecular formula is C16H21F3N2. The summed E-state index contributed by atoms with van der Waals surface area (Å²) in [6, 6.07) is 1.98. The average molecular weight is 298 g/mol. The molecule has 0 aromatic heterocycles. The third kappa shape index (κ3) is 3.18. The van der Waals surface area contributed by atoms with Crippen LogP contribution in [0.25, 0.3) is 0 Å². The first kappa shape index (κ1) is 14.7. The standard InChI is InChI=1S/C16H21F3N2/c17-12-8-13(18)16(19)15(9-12)21-7-6-20-14(10-21)11-4-2-1-3-5-11/h8-9,11,14,20H,1-7,10H2. The van der Waals surface area contributed by atoms with E-state index in [4.69, 9.17) is 0 Å². The molecule has 3 rings (SSSR count). The number of piperazine rings is 1. The lowest BCUT2D eigenvalue weighted by atomic mass is 9.83. The summed E-state index contributed by atoms with van der Waals surface area (Å²) in [4.78, 5) is 1.78. The lowest BCUT2D eigenvalue weighted by Crippen LogP contribution is -2.54. The fourth-order valence-electron chi connectivity index (χ4n) is 3.62. The summed E-state index contributed by atoms with van der Waals surface area (Å²) in [7, 11) is 0. The van der Waals surface area contributed by atoms with Crippen LogP contribution in [0, 0.1) is 23.4 Å². The largest absolute Gasteiger partial charge is 0.366 e. The molecule has 1 aromatic carbocycles. The van der Waals surface area contributed by atoms with Gasteiger partial charge in [-0.1, -0.05) is 19.3 Å². The number of nitrogens with zero attached hydrogens (tertiary/aromatic N) is 1. The highest BCUT2D eigenvalue weighted by atomic mass is 19.2. The van der Waals surface area contributed by atoms with Gasteiger partial charge in [-0.15, -0.1) is 0 Å². The molecule has 0 radical (unpaired) electrons. The summed E-state index contributed by atoms with van der Waals surface area (Å²) < 4.78 is 40.7. The molecule has 116 valence electrons. The monoisotopic (exact) mass is 298 g/mol. The average Bonchev–Trinajstić information content (AvgIpc) is 2.52. The first-order chi connectivity index (χ1) is 10.1. The van der Waals surface area contributed by atoms with Crippen molar-refractivity contribution >= 4 is 5.69 Å². The Morgan fingerprint density at radius 2 is 1.81 bits per heavy atom. The van der Waals surface area contributed by atoms with E-state index < -0.39 is 17.5 Å². The van der Waals surface area contributed by atoms with Gasteiger partial charge in [0, 0.05) is 37.8 Å². The lowest BCUT2D eigenvalue weighted by Gasteiger charge is -2.40. The van der Waals surface area contributed by atoms with Gasteiger partial charge in [-0.3, -0.25) is 0 Å². The van der Waals surface area contributed by atoms with Crippen LogP contribution >= 0.6 is 0 Å². The molecule has 5 heteroatoms. The van der Waals surface area contributed by atoms with E-state index in [1.807, 2.05) is 0 Å². The van der Waals surface area contributed by atoms with Crippen molar-refractivity contribution in [3.8, 4) is 0 Å². The molecule has 0 amide bonds. The highest BCUT2D eigenvalue weighted by Crippen LogP contribution is 2.30. The molecule has 1 heterocycles. The molecule has 2 nitrogen and oxygen atoms in total. The smallest absolute Gasteiger partial charge is 0.182 e. The van der Waals surface area contributed by atoms with Crippen LogP contribution in [0.15, 0.2) is 12.1 Å². The molecule has 1 N–H and O–H groups in total. The van der Waals surface area contributed by atoms with E-state index in [1.54, 1.807) is 4.90 Å². The summed E-state index contributed by atoms with van der Waals surface area (Å²) >= 11 is 0. The third-order valence-corrected chi connectivity index (χ3v) is 4.74. The predicted octanol–water partition coefficient (Wildman–Crippen LogP) is 3.46. The van der Waals surface area contributed by atoms with Gasteiger partial charge in [-0.25, -0.2) is 13.2 Å². The minimum atomic E-state index is -1.11. The number of benzene rings is 1. The molecule has 2 aliphatic rings. The molecule has 1 aliphatic carbocycles. The van der Waals surface area contributed by atoms with Crippen LogP contribution in [0.1, 0.15) is 32.1 Å². The van der Waals surface area contributed by atoms with Crippen molar-refractivity contribution in [2.45, 2.75) is 38.1 Å². The normalized spacial score (nSPS) is 24.3. The SMILES string of the molecule is Fc1cc(F)c(F)c(N2CCNC(C3CCCCC3)C2)c1. The number of nitrogens with one attached hydrogen (secondary N) is 1. The van der Waals surface area contributed by atoms with E-state index in [2.05, 4.69) is 5.32 Å². The zero-order chi connectivity index (χ0) is 14.8. The highest BCUT2D eigenvalue weighted by molar-refractivity contribution is 5.49. The van der Waals surface area contributed by atoms with Crippen LogP contribution in [0.3, 0.4) is 0 Å². The Balaban J connectivity index is 1.76. The predicted molar refractivity (Wildman–Crippen MR) is 76.9 cm³/mol. The number of hydrogen-bond acceptors (Lipinski definition) is 2. The van der Waals surface area contributed by atoms with E-state index in [0.29, 0.717) is 25.1 Å². The minimum absolute atomic E-state index is 0.0507. The Morgan fingerprint density at radius 3 is 2.57 bits per heavy atom. The van der Waals surface area contributed by atoms with Crippen molar-refractivity contribution in [3.05, 3.63) is 29.6 Å². The van der Waals surface area contributed by atoms with Crippen LogP contribution in [0.4, 0.5) is 18.9 Å². The third-order valence-electron chi connectivity index (χ3n) is 4.74. The van der Waals surface area contributed by atoms with Gasteiger partial charge in [-0.05, 0) is 18.8 Å². The minimum Gasteiger partial charge on any atom is -0.366 e. The van der Waals surface area contributed by atoms with Crippen LogP contribution in [0.5, 0.6) is 0 Å². The van der Waals surface area contributed by atoms with Gasteiger partial charge in [0.1, 0.15) is 5.82 Å².